The van der Waals surface area contributed by atoms with Gasteiger partial charge in [0.15, 0.2) is 5.13 Å². The standard InChI is InChI=1S/C17H18F3N3O3S/c18-17(19,20)13-3-1-2-4-14(13)26-12-5-7-23(9-12)16(25)22-15-21-11(6-8-24)10-27-15/h1-4,10,12,24H,5-9H2,(H,21,22,25)/t12-/m0/s1. The fourth-order valence-electron chi connectivity index (χ4n) is 2.76. The van der Waals surface area contributed by atoms with Crippen LogP contribution in [-0.4, -0.2) is 46.8 Å². The second-order valence-electron chi connectivity index (χ2n) is 6.02. The van der Waals surface area contributed by atoms with Crippen LogP contribution in [0, 0.1) is 0 Å². The Morgan fingerprint density at radius 3 is 2.93 bits per heavy atom. The predicted octanol–water partition coefficient (Wildman–Crippen LogP) is 3.38. The van der Waals surface area contributed by atoms with Crippen LogP contribution in [0.3, 0.4) is 0 Å². The summed E-state index contributed by atoms with van der Waals surface area (Å²) in [6.07, 6.45) is -4.16. The zero-order chi connectivity index (χ0) is 19.4. The largest absolute Gasteiger partial charge is 0.488 e. The Bertz CT molecular complexity index is 797. The maximum Gasteiger partial charge on any atom is 0.419 e. The number of hydrogen-bond acceptors (Lipinski definition) is 5. The number of hydrogen-bond donors (Lipinski definition) is 2. The van der Waals surface area contributed by atoms with Crippen LogP contribution in [0.25, 0.3) is 0 Å². The number of aliphatic hydroxyl groups is 1. The summed E-state index contributed by atoms with van der Waals surface area (Å²) >= 11 is 1.25. The molecule has 2 amide bonds. The summed E-state index contributed by atoms with van der Waals surface area (Å²) in [5.41, 5.74) is -0.142. The lowest BCUT2D eigenvalue weighted by atomic mass is 10.2. The molecular weight excluding hydrogens is 383 g/mol. The summed E-state index contributed by atoms with van der Waals surface area (Å²) in [5.74, 6) is -0.231. The van der Waals surface area contributed by atoms with Crippen LogP contribution in [0.1, 0.15) is 17.7 Å². The number of benzene rings is 1. The number of carbonyl (C=O) groups is 1. The molecule has 6 nitrogen and oxygen atoms in total. The zero-order valence-electron chi connectivity index (χ0n) is 14.2. The summed E-state index contributed by atoms with van der Waals surface area (Å²) in [6, 6.07) is 4.67. The molecule has 0 aliphatic carbocycles. The highest BCUT2D eigenvalue weighted by Crippen LogP contribution is 2.36. The first-order valence-electron chi connectivity index (χ1n) is 8.31. The third-order valence-electron chi connectivity index (χ3n) is 4.05. The molecule has 1 aromatic carbocycles. The number of nitrogens with one attached hydrogen (secondary N) is 1. The van der Waals surface area contributed by atoms with Gasteiger partial charge in [-0.1, -0.05) is 12.1 Å². The normalized spacial score (nSPS) is 17.2. The molecule has 2 N–H and O–H groups in total. The van der Waals surface area contributed by atoms with Gasteiger partial charge in [-0.15, -0.1) is 11.3 Å². The zero-order valence-corrected chi connectivity index (χ0v) is 15.0. The van der Waals surface area contributed by atoms with Crippen molar-refractivity contribution in [3.05, 3.63) is 40.9 Å². The van der Waals surface area contributed by atoms with E-state index >= 15 is 0 Å². The van der Waals surface area contributed by atoms with Gasteiger partial charge in [0, 0.05) is 31.4 Å². The minimum Gasteiger partial charge on any atom is -0.488 e. The molecule has 1 saturated heterocycles. The summed E-state index contributed by atoms with van der Waals surface area (Å²) in [7, 11) is 0. The Balaban J connectivity index is 1.58. The number of anilines is 1. The average molecular weight is 401 g/mol. The molecular formula is C17H18F3N3O3S. The van der Waals surface area contributed by atoms with Crippen molar-refractivity contribution in [3.63, 3.8) is 0 Å². The number of para-hydroxylation sites is 1. The molecule has 1 aromatic heterocycles. The van der Waals surface area contributed by atoms with E-state index in [1.165, 1.54) is 34.4 Å². The fourth-order valence-corrected chi connectivity index (χ4v) is 3.49. The molecule has 1 aliphatic heterocycles. The Labute approximate surface area is 157 Å². The molecule has 1 fully saturated rings. The van der Waals surface area contributed by atoms with Gasteiger partial charge in [0.05, 0.1) is 17.8 Å². The van der Waals surface area contributed by atoms with E-state index in [0.29, 0.717) is 30.2 Å². The second-order valence-corrected chi connectivity index (χ2v) is 6.87. The van der Waals surface area contributed by atoms with E-state index in [1.54, 1.807) is 5.38 Å². The van der Waals surface area contributed by atoms with Crippen molar-refractivity contribution in [1.29, 1.82) is 0 Å². The summed E-state index contributed by atoms with van der Waals surface area (Å²) in [5, 5.41) is 13.7. The smallest absolute Gasteiger partial charge is 0.419 e. The van der Waals surface area contributed by atoms with Crippen LogP contribution in [0.2, 0.25) is 0 Å². The van der Waals surface area contributed by atoms with Gasteiger partial charge in [0.2, 0.25) is 0 Å². The topological polar surface area (TPSA) is 74.7 Å². The van der Waals surface area contributed by atoms with Gasteiger partial charge in [-0.3, -0.25) is 5.32 Å². The number of carbonyl (C=O) groups excluding carboxylic acids is 1. The molecule has 146 valence electrons. The van der Waals surface area contributed by atoms with Crippen molar-refractivity contribution in [2.45, 2.75) is 25.1 Å². The quantitative estimate of drug-likeness (QED) is 0.806. The maximum absolute atomic E-state index is 13.1. The SMILES string of the molecule is O=C(Nc1nc(CCO)cs1)N1CC[C@H](Oc2ccccc2C(F)(F)F)C1. The summed E-state index contributed by atoms with van der Waals surface area (Å²) in [6.45, 7) is 0.536. The Morgan fingerprint density at radius 2 is 2.19 bits per heavy atom. The Morgan fingerprint density at radius 1 is 1.41 bits per heavy atom. The van der Waals surface area contributed by atoms with Crippen molar-refractivity contribution in [2.75, 3.05) is 25.0 Å². The number of alkyl halides is 3. The average Bonchev–Trinajstić information content (AvgIpc) is 3.24. The summed E-state index contributed by atoms with van der Waals surface area (Å²) in [4.78, 5) is 18.0. The van der Waals surface area contributed by atoms with Crippen LogP contribution < -0.4 is 10.1 Å². The molecule has 0 saturated carbocycles. The first kappa shape index (κ1) is 19.4. The lowest BCUT2D eigenvalue weighted by Crippen LogP contribution is -2.34. The van der Waals surface area contributed by atoms with E-state index in [1.807, 2.05) is 0 Å². The van der Waals surface area contributed by atoms with E-state index in [-0.39, 0.29) is 24.9 Å². The lowest BCUT2D eigenvalue weighted by Gasteiger charge is -2.19. The Hall–Kier alpha value is -2.33. The van der Waals surface area contributed by atoms with Gasteiger partial charge >= 0.3 is 12.2 Å². The summed E-state index contributed by atoms with van der Waals surface area (Å²) < 4.78 is 44.7. The second kappa shape index (κ2) is 8.13. The third kappa shape index (κ3) is 4.89. The van der Waals surface area contributed by atoms with E-state index in [9.17, 15) is 18.0 Å². The molecule has 0 bridgehead atoms. The Kier molecular flexibility index (Phi) is 5.85. The van der Waals surface area contributed by atoms with Gasteiger partial charge in [0.25, 0.3) is 0 Å². The number of aliphatic hydroxyl groups excluding tert-OH is 1. The molecule has 3 rings (SSSR count). The molecule has 2 aromatic rings. The van der Waals surface area contributed by atoms with Gasteiger partial charge in [-0.05, 0) is 12.1 Å². The number of ether oxygens (including phenoxy) is 1. The minimum absolute atomic E-state index is 0.0261. The first-order chi connectivity index (χ1) is 12.9. The van der Waals surface area contributed by atoms with Gasteiger partial charge in [-0.25, -0.2) is 9.78 Å². The molecule has 1 aliphatic rings. The van der Waals surface area contributed by atoms with Crippen LogP contribution in [0.5, 0.6) is 5.75 Å². The molecule has 0 unspecified atom stereocenters. The first-order valence-corrected chi connectivity index (χ1v) is 9.19. The van der Waals surface area contributed by atoms with Crippen molar-refractivity contribution in [2.24, 2.45) is 0 Å². The third-order valence-corrected chi connectivity index (χ3v) is 4.86. The minimum atomic E-state index is -4.50. The maximum atomic E-state index is 13.1. The van der Waals surface area contributed by atoms with E-state index < -0.39 is 17.8 Å². The van der Waals surface area contributed by atoms with Crippen LogP contribution in [0.15, 0.2) is 29.6 Å². The van der Waals surface area contributed by atoms with E-state index in [2.05, 4.69) is 10.3 Å². The highest BCUT2D eigenvalue weighted by atomic mass is 32.1. The molecule has 10 heteroatoms. The van der Waals surface area contributed by atoms with Crippen molar-refractivity contribution in [3.8, 4) is 5.75 Å². The van der Waals surface area contributed by atoms with E-state index in [4.69, 9.17) is 9.84 Å². The number of likely N-dealkylation sites (tertiary alicyclic amines) is 1. The lowest BCUT2D eigenvalue weighted by molar-refractivity contribution is -0.139. The number of aromatic nitrogens is 1. The monoisotopic (exact) mass is 401 g/mol. The predicted molar refractivity (Wildman–Crippen MR) is 94.0 cm³/mol. The number of thiazole rings is 1. The molecule has 2 heterocycles. The number of amides is 2. The van der Waals surface area contributed by atoms with Crippen LogP contribution in [-0.2, 0) is 12.6 Å². The molecule has 27 heavy (non-hydrogen) atoms. The molecule has 0 spiro atoms. The number of halogens is 3. The van der Waals surface area contributed by atoms with Gasteiger partial charge in [-0.2, -0.15) is 13.2 Å². The van der Waals surface area contributed by atoms with Gasteiger partial charge in [0.1, 0.15) is 11.9 Å². The fraction of sp³-hybridized carbons (Fsp3) is 0.412. The van der Waals surface area contributed by atoms with Crippen molar-refractivity contribution >= 4 is 22.5 Å². The van der Waals surface area contributed by atoms with Crippen molar-refractivity contribution < 1.29 is 27.8 Å². The van der Waals surface area contributed by atoms with Gasteiger partial charge < -0.3 is 14.7 Å². The highest BCUT2D eigenvalue weighted by Gasteiger charge is 2.36. The molecule has 1 atom stereocenters. The number of urea groups is 1. The number of rotatable bonds is 5. The number of nitrogens with zero attached hydrogens (tertiary/aromatic N) is 2. The van der Waals surface area contributed by atoms with Crippen LogP contribution >= 0.6 is 11.3 Å². The van der Waals surface area contributed by atoms with Crippen molar-refractivity contribution in [1.82, 2.24) is 9.88 Å². The molecule has 0 radical (unpaired) electrons. The highest BCUT2D eigenvalue weighted by molar-refractivity contribution is 7.13. The van der Waals surface area contributed by atoms with E-state index in [0.717, 1.165) is 6.07 Å². The van der Waals surface area contributed by atoms with Crippen LogP contribution in [0.4, 0.5) is 23.1 Å².